The van der Waals surface area contributed by atoms with E-state index in [0.717, 1.165) is 6.42 Å². The Bertz CT molecular complexity index is 290. The van der Waals surface area contributed by atoms with Gasteiger partial charge < -0.3 is 15.8 Å². The molecule has 0 saturated heterocycles. The van der Waals surface area contributed by atoms with Gasteiger partial charge in [-0.05, 0) is 25.1 Å². The van der Waals surface area contributed by atoms with Gasteiger partial charge in [0.1, 0.15) is 12.4 Å². The average Bonchev–Trinajstić information content (AvgIpc) is 2.26. The molecule has 5 heteroatoms. The van der Waals surface area contributed by atoms with Crippen molar-refractivity contribution in [3.05, 3.63) is 24.4 Å². The van der Waals surface area contributed by atoms with Crippen molar-refractivity contribution in [2.45, 2.75) is 6.42 Å². The van der Waals surface area contributed by atoms with E-state index in [2.05, 4.69) is 10.3 Å². The van der Waals surface area contributed by atoms with Crippen molar-refractivity contribution < 1.29 is 9.53 Å². The number of pyridine rings is 1. The highest BCUT2D eigenvalue weighted by molar-refractivity contribution is 5.90. The van der Waals surface area contributed by atoms with Crippen LogP contribution in [0.4, 0.5) is 5.82 Å². The number of nitrogens with two attached hydrogens (primary N) is 1. The molecule has 1 rings (SSSR count). The fourth-order valence-corrected chi connectivity index (χ4v) is 0.966. The van der Waals surface area contributed by atoms with Crippen LogP contribution in [0.5, 0.6) is 0 Å². The van der Waals surface area contributed by atoms with Crippen molar-refractivity contribution in [2.24, 2.45) is 5.73 Å². The van der Waals surface area contributed by atoms with E-state index in [4.69, 9.17) is 10.5 Å². The van der Waals surface area contributed by atoms with E-state index in [1.807, 2.05) is 0 Å². The smallest absolute Gasteiger partial charge is 0.251 e. The van der Waals surface area contributed by atoms with Crippen LogP contribution in [0.25, 0.3) is 0 Å². The van der Waals surface area contributed by atoms with E-state index >= 15 is 0 Å². The number of nitrogens with one attached hydrogen (secondary N) is 1. The lowest BCUT2D eigenvalue weighted by molar-refractivity contribution is -0.120. The van der Waals surface area contributed by atoms with Gasteiger partial charge in [-0.15, -0.1) is 0 Å². The molecule has 0 aliphatic heterocycles. The van der Waals surface area contributed by atoms with Gasteiger partial charge in [-0.1, -0.05) is 6.07 Å². The van der Waals surface area contributed by atoms with E-state index in [0.29, 0.717) is 19.0 Å². The predicted molar refractivity (Wildman–Crippen MR) is 57.4 cm³/mol. The molecular weight excluding hydrogens is 194 g/mol. The van der Waals surface area contributed by atoms with Crippen LogP contribution in [-0.4, -0.2) is 30.6 Å². The lowest BCUT2D eigenvalue weighted by Gasteiger charge is -2.04. The molecule has 0 bridgehead atoms. The van der Waals surface area contributed by atoms with Gasteiger partial charge in [-0.25, -0.2) is 4.98 Å². The lowest BCUT2D eigenvalue weighted by Crippen LogP contribution is -2.19. The largest absolute Gasteiger partial charge is 0.372 e. The molecule has 82 valence electrons. The summed E-state index contributed by atoms with van der Waals surface area (Å²) < 4.78 is 5.09. The predicted octanol–water partition coefficient (Wildman–Crippen LogP) is 0.385. The first kappa shape index (κ1) is 11.6. The molecule has 5 nitrogen and oxygen atoms in total. The van der Waals surface area contributed by atoms with Crippen molar-refractivity contribution in [3.63, 3.8) is 0 Å². The third kappa shape index (κ3) is 5.09. The Morgan fingerprint density at radius 1 is 1.53 bits per heavy atom. The summed E-state index contributed by atoms with van der Waals surface area (Å²) in [6, 6.07) is 5.31. The standard InChI is InChI=1S/C10H15N3O2/c11-5-3-7-15-8-10(14)13-9-4-1-2-6-12-9/h1-2,4,6H,3,5,7-8,11H2,(H,12,13,14). The van der Waals surface area contributed by atoms with Gasteiger partial charge in [0.25, 0.3) is 5.91 Å². The number of anilines is 1. The molecule has 0 aliphatic rings. The molecule has 0 unspecified atom stereocenters. The Morgan fingerprint density at radius 2 is 2.40 bits per heavy atom. The maximum Gasteiger partial charge on any atom is 0.251 e. The van der Waals surface area contributed by atoms with Crippen molar-refractivity contribution >= 4 is 11.7 Å². The summed E-state index contributed by atoms with van der Waals surface area (Å²) >= 11 is 0. The van der Waals surface area contributed by atoms with Crippen molar-refractivity contribution in [2.75, 3.05) is 25.1 Å². The number of aromatic nitrogens is 1. The molecule has 1 amide bonds. The van der Waals surface area contributed by atoms with Crippen LogP contribution in [0.1, 0.15) is 6.42 Å². The van der Waals surface area contributed by atoms with E-state index in [9.17, 15) is 4.79 Å². The molecule has 3 N–H and O–H groups in total. The Labute approximate surface area is 88.6 Å². The number of rotatable bonds is 6. The Morgan fingerprint density at radius 3 is 3.07 bits per heavy atom. The number of hydrogen-bond donors (Lipinski definition) is 2. The number of amides is 1. The number of nitrogens with zero attached hydrogens (tertiary/aromatic N) is 1. The van der Waals surface area contributed by atoms with Gasteiger partial charge in [0, 0.05) is 12.8 Å². The van der Waals surface area contributed by atoms with Crippen LogP contribution in [0.3, 0.4) is 0 Å². The van der Waals surface area contributed by atoms with Crippen LogP contribution in [0.15, 0.2) is 24.4 Å². The summed E-state index contributed by atoms with van der Waals surface area (Å²) in [5, 5.41) is 2.61. The van der Waals surface area contributed by atoms with Gasteiger partial charge in [0.2, 0.25) is 0 Å². The van der Waals surface area contributed by atoms with Crippen LogP contribution in [0.2, 0.25) is 0 Å². The summed E-state index contributed by atoms with van der Waals surface area (Å²) in [6.07, 6.45) is 2.38. The maximum absolute atomic E-state index is 11.3. The fourth-order valence-electron chi connectivity index (χ4n) is 0.966. The molecule has 15 heavy (non-hydrogen) atoms. The summed E-state index contributed by atoms with van der Waals surface area (Å²) in [5.41, 5.74) is 5.28. The molecule has 1 heterocycles. The van der Waals surface area contributed by atoms with E-state index in [-0.39, 0.29) is 12.5 Å². The Hall–Kier alpha value is -1.46. The monoisotopic (exact) mass is 209 g/mol. The van der Waals surface area contributed by atoms with Gasteiger partial charge in [0.05, 0.1) is 0 Å². The minimum Gasteiger partial charge on any atom is -0.372 e. The summed E-state index contributed by atoms with van der Waals surface area (Å²) in [5.74, 6) is 0.329. The quantitative estimate of drug-likeness (QED) is 0.664. The molecular formula is C10H15N3O2. The fraction of sp³-hybridized carbons (Fsp3) is 0.400. The SMILES string of the molecule is NCCCOCC(=O)Nc1ccccn1. The Kier molecular flexibility index (Phi) is 5.35. The topological polar surface area (TPSA) is 77.2 Å². The van der Waals surface area contributed by atoms with E-state index in [1.165, 1.54) is 0 Å². The minimum absolute atomic E-state index is 0.0383. The second-order valence-corrected chi connectivity index (χ2v) is 2.96. The number of carbonyl (C=O) groups excluding carboxylic acids is 1. The van der Waals surface area contributed by atoms with Gasteiger partial charge in [-0.2, -0.15) is 0 Å². The zero-order valence-corrected chi connectivity index (χ0v) is 8.48. The summed E-state index contributed by atoms with van der Waals surface area (Å²) in [7, 11) is 0. The molecule has 0 aliphatic carbocycles. The van der Waals surface area contributed by atoms with Crippen LogP contribution in [-0.2, 0) is 9.53 Å². The first-order valence-corrected chi connectivity index (χ1v) is 4.81. The highest BCUT2D eigenvalue weighted by Crippen LogP contribution is 1.99. The molecule has 0 spiro atoms. The maximum atomic E-state index is 11.3. The molecule has 0 atom stereocenters. The third-order valence-corrected chi connectivity index (χ3v) is 1.66. The van der Waals surface area contributed by atoms with E-state index < -0.39 is 0 Å². The normalized spacial score (nSPS) is 9.93. The first-order chi connectivity index (χ1) is 7.33. The molecule has 0 aromatic carbocycles. The highest BCUT2D eigenvalue weighted by Gasteiger charge is 2.01. The summed E-state index contributed by atoms with van der Waals surface area (Å²) in [6.45, 7) is 1.12. The number of ether oxygens (including phenoxy) is 1. The van der Waals surface area contributed by atoms with Crippen molar-refractivity contribution in [1.29, 1.82) is 0 Å². The van der Waals surface area contributed by atoms with Gasteiger partial charge in [-0.3, -0.25) is 4.79 Å². The highest BCUT2D eigenvalue weighted by atomic mass is 16.5. The molecule has 0 saturated carbocycles. The van der Waals surface area contributed by atoms with Crippen LogP contribution >= 0.6 is 0 Å². The molecule has 0 fully saturated rings. The second-order valence-electron chi connectivity index (χ2n) is 2.96. The van der Waals surface area contributed by atoms with Gasteiger partial charge in [0.15, 0.2) is 0 Å². The number of hydrogen-bond acceptors (Lipinski definition) is 4. The van der Waals surface area contributed by atoms with Crippen molar-refractivity contribution in [3.8, 4) is 0 Å². The molecule has 1 aromatic heterocycles. The minimum atomic E-state index is -0.203. The zero-order chi connectivity index (χ0) is 10.9. The van der Waals surface area contributed by atoms with Crippen molar-refractivity contribution in [1.82, 2.24) is 4.98 Å². The van der Waals surface area contributed by atoms with Crippen LogP contribution in [0, 0.1) is 0 Å². The second kappa shape index (κ2) is 6.92. The van der Waals surface area contributed by atoms with Gasteiger partial charge >= 0.3 is 0 Å². The van der Waals surface area contributed by atoms with E-state index in [1.54, 1.807) is 24.4 Å². The average molecular weight is 209 g/mol. The van der Waals surface area contributed by atoms with Crippen LogP contribution < -0.4 is 11.1 Å². The summed E-state index contributed by atoms with van der Waals surface area (Å²) in [4.78, 5) is 15.2. The lowest BCUT2D eigenvalue weighted by atomic mass is 10.4. The Balaban J connectivity index is 2.19. The first-order valence-electron chi connectivity index (χ1n) is 4.81. The third-order valence-electron chi connectivity index (χ3n) is 1.66. The molecule has 1 aromatic rings. The molecule has 0 radical (unpaired) electrons. The number of carbonyl (C=O) groups is 1. The zero-order valence-electron chi connectivity index (χ0n) is 8.48.